The SMILES string of the molecule is CCOc1cccc(NC)c1COc1ccccn1. The number of anilines is 1. The van der Waals surface area contributed by atoms with Gasteiger partial charge in [-0.25, -0.2) is 4.98 Å². The summed E-state index contributed by atoms with van der Waals surface area (Å²) in [5.41, 5.74) is 2.00. The average molecular weight is 258 g/mol. The number of aromatic nitrogens is 1. The largest absolute Gasteiger partial charge is 0.493 e. The summed E-state index contributed by atoms with van der Waals surface area (Å²) in [6.45, 7) is 3.02. The van der Waals surface area contributed by atoms with E-state index in [1.807, 2.05) is 50.4 Å². The Balaban J connectivity index is 2.17. The van der Waals surface area contributed by atoms with Crippen LogP contribution in [0.15, 0.2) is 42.6 Å². The molecule has 0 radical (unpaired) electrons. The third kappa shape index (κ3) is 3.37. The van der Waals surface area contributed by atoms with E-state index in [9.17, 15) is 0 Å². The van der Waals surface area contributed by atoms with Gasteiger partial charge in [0.25, 0.3) is 0 Å². The molecule has 0 amide bonds. The molecule has 0 saturated heterocycles. The summed E-state index contributed by atoms with van der Waals surface area (Å²) >= 11 is 0. The summed E-state index contributed by atoms with van der Waals surface area (Å²) in [5.74, 6) is 1.45. The maximum absolute atomic E-state index is 5.69. The van der Waals surface area contributed by atoms with Crippen LogP contribution < -0.4 is 14.8 Å². The number of hydrogen-bond acceptors (Lipinski definition) is 4. The fourth-order valence-corrected chi connectivity index (χ4v) is 1.82. The van der Waals surface area contributed by atoms with Crippen molar-refractivity contribution in [1.29, 1.82) is 0 Å². The lowest BCUT2D eigenvalue weighted by atomic mass is 10.1. The van der Waals surface area contributed by atoms with Crippen LogP contribution in [0.2, 0.25) is 0 Å². The minimum atomic E-state index is 0.420. The molecular formula is C15H18N2O2. The van der Waals surface area contributed by atoms with Gasteiger partial charge in [0.15, 0.2) is 0 Å². The number of nitrogens with zero attached hydrogens (tertiary/aromatic N) is 1. The maximum Gasteiger partial charge on any atom is 0.213 e. The van der Waals surface area contributed by atoms with Gasteiger partial charge in [0.2, 0.25) is 5.88 Å². The van der Waals surface area contributed by atoms with Crippen LogP contribution in [0.3, 0.4) is 0 Å². The summed E-state index contributed by atoms with van der Waals surface area (Å²) in [6, 6.07) is 11.5. The van der Waals surface area contributed by atoms with E-state index in [4.69, 9.17) is 9.47 Å². The van der Waals surface area contributed by atoms with Gasteiger partial charge in [-0.1, -0.05) is 12.1 Å². The molecule has 19 heavy (non-hydrogen) atoms. The minimum absolute atomic E-state index is 0.420. The minimum Gasteiger partial charge on any atom is -0.493 e. The van der Waals surface area contributed by atoms with E-state index in [1.165, 1.54) is 0 Å². The van der Waals surface area contributed by atoms with Crippen molar-refractivity contribution in [3.63, 3.8) is 0 Å². The van der Waals surface area contributed by atoms with Gasteiger partial charge in [-0.15, -0.1) is 0 Å². The van der Waals surface area contributed by atoms with Crippen molar-refractivity contribution in [2.75, 3.05) is 19.0 Å². The van der Waals surface area contributed by atoms with Crippen molar-refractivity contribution in [1.82, 2.24) is 4.98 Å². The Morgan fingerprint density at radius 3 is 2.68 bits per heavy atom. The zero-order valence-corrected chi connectivity index (χ0v) is 11.2. The molecule has 1 aromatic heterocycles. The molecule has 0 saturated carbocycles. The van der Waals surface area contributed by atoms with E-state index in [2.05, 4.69) is 10.3 Å². The summed E-state index contributed by atoms with van der Waals surface area (Å²) in [7, 11) is 1.88. The van der Waals surface area contributed by atoms with E-state index in [1.54, 1.807) is 6.20 Å². The molecule has 1 heterocycles. The van der Waals surface area contributed by atoms with Gasteiger partial charge < -0.3 is 14.8 Å². The monoisotopic (exact) mass is 258 g/mol. The Kier molecular flexibility index (Phi) is 4.61. The Morgan fingerprint density at radius 1 is 1.11 bits per heavy atom. The van der Waals surface area contributed by atoms with Crippen molar-refractivity contribution in [3.05, 3.63) is 48.2 Å². The van der Waals surface area contributed by atoms with Crippen LogP contribution in [-0.2, 0) is 6.61 Å². The van der Waals surface area contributed by atoms with Gasteiger partial charge in [-0.05, 0) is 25.1 Å². The Bertz CT molecular complexity index is 515. The van der Waals surface area contributed by atoms with Crippen LogP contribution in [0.1, 0.15) is 12.5 Å². The molecule has 0 aliphatic heterocycles. The van der Waals surface area contributed by atoms with Gasteiger partial charge in [0.1, 0.15) is 12.4 Å². The van der Waals surface area contributed by atoms with Crippen molar-refractivity contribution in [3.8, 4) is 11.6 Å². The van der Waals surface area contributed by atoms with Crippen molar-refractivity contribution >= 4 is 5.69 Å². The summed E-state index contributed by atoms with van der Waals surface area (Å²) < 4.78 is 11.3. The first-order valence-electron chi connectivity index (χ1n) is 6.31. The highest BCUT2D eigenvalue weighted by atomic mass is 16.5. The normalized spacial score (nSPS) is 10.0. The molecule has 0 bridgehead atoms. The number of benzene rings is 1. The van der Waals surface area contributed by atoms with Crippen LogP contribution in [0.5, 0.6) is 11.6 Å². The lowest BCUT2D eigenvalue weighted by Crippen LogP contribution is -2.05. The first-order valence-corrected chi connectivity index (χ1v) is 6.31. The molecule has 2 rings (SSSR count). The second-order valence-electron chi connectivity index (χ2n) is 3.92. The van der Waals surface area contributed by atoms with E-state index < -0.39 is 0 Å². The molecule has 0 aliphatic rings. The zero-order valence-electron chi connectivity index (χ0n) is 11.2. The van der Waals surface area contributed by atoms with Crippen molar-refractivity contribution in [2.45, 2.75) is 13.5 Å². The molecule has 100 valence electrons. The quantitative estimate of drug-likeness (QED) is 0.864. The van der Waals surface area contributed by atoms with Crippen molar-refractivity contribution in [2.24, 2.45) is 0 Å². The molecule has 1 aromatic carbocycles. The smallest absolute Gasteiger partial charge is 0.213 e. The molecule has 0 spiro atoms. The number of pyridine rings is 1. The highest BCUT2D eigenvalue weighted by Gasteiger charge is 2.09. The van der Waals surface area contributed by atoms with E-state index >= 15 is 0 Å². The van der Waals surface area contributed by atoms with Gasteiger partial charge in [-0.2, -0.15) is 0 Å². The van der Waals surface area contributed by atoms with E-state index in [0.29, 0.717) is 19.1 Å². The third-order valence-electron chi connectivity index (χ3n) is 2.70. The fourth-order valence-electron chi connectivity index (χ4n) is 1.82. The Morgan fingerprint density at radius 2 is 2.00 bits per heavy atom. The van der Waals surface area contributed by atoms with Gasteiger partial charge >= 0.3 is 0 Å². The summed E-state index contributed by atoms with van der Waals surface area (Å²) in [5, 5.41) is 3.15. The second kappa shape index (κ2) is 6.64. The molecule has 0 fully saturated rings. The second-order valence-corrected chi connectivity index (χ2v) is 3.92. The highest BCUT2D eigenvalue weighted by molar-refractivity contribution is 5.57. The predicted octanol–water partition coefficient (Wildman–Crippen LogP) is 3.10. The first kappa shape index (κ1) is 13.2. The number of nitrogens with one attached hydrogen (secondary N) is 1. The van der Waals surface area contributed by atoms with Crippen LogP contribution >= 0.6 is 0 Å². The molecule has 0 atom stereocenters. The molecule has 4 nitrogen and oxygen atoms in total. The number of ether oxygens (including phenoxy) is 2. The van der Waals surface area contributed by atoms with Crippen LogP contribution in [-0.4, -0.2) is 18.6 Å². The van der Waals surface area contributed by atoms with E-state index in [-0.39, 0.29) is 0 Å². The zero-order chi connectivity index (χ0) is 13.5. The summed E-state index contributed by atoms with van der Waals surface area (Å²) in [6.07, 6.45) is 1.71. The molecule has 0 aliphatic carbocycles. The van der Waals surface area contributed by atoms with Gasteiger partial charge in [0.05, 0.1) is 12.2 Å². The van der Waals surface area contributed by atoms with Crippen LogP contribution in [0.4, 0.5) is 5.69 Å². The Hall–Kier alpha value is -2.23. The predicted molar refractivity (Wildman–Crippen MR) is 75.7 cm³/mol. The molecule has 1 N–H and O–H groups in total. The first-order chi connectivity index (χ1) is 9.35. The van der Waals surface area contributed by atoms with Gasteiger partial charge in [-0.3, -0.25) is 0 Å². The van der Waals surface area contributed by atoms with Crippen molar-refractivity contribution < 1.29 is 9.47 Å². The lowest BCUT2D eigenvalue weighted by Gasteiger charge is -2.15. The molecule has 4 heteroatoms. The van der Waals surface area contributed by atoms with Gasteiger partial charge in [0, 0.05) is 25.0 Å². The highest BCUT2D eigenvalue weighted by Crippen LogP contribution is 2.27. The standard InChI is InChI=1S/C15H18N2O2/c1-3-18-14-8-6-7-13(16-2)12(14)11-19-15-9-4-5-10-17-15/h4-10,16H,3,11H2,1-2H3. The molecule has 0 unspecified atom stereocenters. The third-order valence-corrected chi connectivity index (χ3v) is 2.70. The van der Waals surface area contributed by atoms with E-state index in [0.717, 1.165) is 17.0 Å². The maximum atomic E-state index is 5.69. The number of rotatable bonds is 6. The van der Waals surface area contributed by atoms with Crippen LogP contribution in [0, 0.1) is 0 Å². The lowest BCUT2D eigenvalue weighted by molar-refractivity contribution is 0.278. The fraction of sp³-hybridized carbons (Fsp3) is 0.267. The Labute approximate surface area is 113 Å². The molecule has 2 aromatic rings. The topological polar surface area (TPSA) is 43.4 Å². The molecular weight excluding hydrogens is 240 g/mol. The van der Waals surface area contributed by atoms with Crippen LogP contribution in [0.25, 0.3) is 0 Å². The number of hydrogen-bond donors (Lipinski definition) is 1. The average Bonchev–Trinajstić information content (AvgIpc) is 2.47. The summed E-state index contributed by atoms with van der Waals surface area (Å²) in [4.78, 5) is 4.14.